The van der Waals surface area contributed by atoms with E-state index in [0.717, 1.165) is 37.6 Å². The number of alkyl halides is 6. The zero-order chi connectivity index (χ0) is 26.1. The molecule has 1 aromatic heterocycles. The monoisotopic (exact) mass is 498 g/mol. The first-order chi connectivity index (χ1) is 15.6. The topological polar surface area (TPSA) is 110 Å². The van der Waals surface area contributed by atoms with Crippen LogP contribution >= 0.6 is 0 Å². The molecule has 1 atom stereocenters. The lowest BCUT2D eigenvalue weighted by atomic mass is 10.2. The molecule has 8 nitrogen and oxygen atoms in total. The maximum atomic E-state index is 10.6. The number of nitrogens with one attached hydrogen (secondary N) is 1. The second kappa shape index (κ2) is 12.4. The Kier molecular flexibility index (Phi) is 10.5. The molecular formula is C20H24F6N4O4. The molecular weight excluding hydrogens is 474 g/mol. The van der Waals surface area contributed by atoms with Gasteiger partial charge in [0, 0.05) is 49.7 Å². The fraction of sp³-hybridized carbons (Fsp3) is 0.450. The lowest BCUT2D eigenvalue weighted by molar-refractivity contribution is -0.193. The Balaban J connectivity index is 0.000000343. The average Bonchev–Trinajstić information content (AvgIpc) is 3.19. The molecule has 14 heteroatoms. The Morgan fingerprint density at radius 1 is 1.03 bits per heavy atom. The number of carboxylic acids is 2. The van der Waals surface area contributed by atoms with Crippen LogP contribution in [-0.2, 0) is 16.1 Å². The van der Waals surface area contributed by atoms with Crippen LogP contribution < -0.4 is 0 Å². The number of hydrogen-bond acceptors (Lipinski definition) is 5. The van der Waals surface area contributed by atoms with Crippen LogP contribution in [0.2, 0.25) is 0 Å². The highest BCUT2D eigenvalue weighted by molar-refractivity contribution is 5.73. The van der Waals surface area contributed by atoms with E-state index in [1.54, 1.807) is 0 Å². The number of hydrogen-bond donors (Lipinski definition) is 3. The molecule has 0 bridgehead atoms. The van der Waals surface area contributed by atoms with Crippen molar-refractivity contribution in [2.24, 2.45) is 0 Å². The summed E-state index contributed by atoms with van der Waals surface area (Å²) in [5.74, 6) is -4.55. The second-order valence-electron chi connectivity index (χ2n) is 7.29. The molecule has 1 fully saturated rings. The fourth-order valence-corrected chi connectivity index (χ4v) is 2.69. The predicted molar refractivity (Wildman–Crippen MR) is 109 cm³/mol. The zero-order valence-electron chi connectivity index (χ0n) is 18.2. The van der Waals surface area contributed by atoms with Gasteiger partial charge in [0.05, 0.1) is 0 Å². The lowest BCUT2D eigenvalue weighted by Gasteiger charge is -2.37. The van der Waals surface area contributed by atoms with E-state index < -0.39 is 24.3 Å². The van der Waals surface area contributed by atoms with E-state index in [1.165, 1.54) is 5.69 Å². The predicted octanol–water partition coefficient (Wildman–Crippen LogP) is 3.48. The largest absolute Gasteiger partial charge is 0.490 e. The third-order valence-corrected chi connectivity index (χ3v) is 4.60. The zero-order valence-corrected chi connectivity index (χ0v) is 18.2. The lowest BCUT2D eigenvalue weighted by Crippen LogP contribution is -2.49. The van der Waals surface area contributed by atoms with Crippen molar-refractivity contribution in [1.82, 2.24) is 19.8 Å². The van der Waals surface area contributed by atoms with Gasteiger partial charge in [-0.25, -0.2) is 14.6 Å². The third-order valence-electron chi connectivity index (χ3n) is 4.60. The van der Waals surface area contributed by atoms with E-state index in [9.17, 15) is 26.3 Å². The number of carboxylic acid groups (broad SMARTS) is 2. The number of piperazine rings is 1. The van der Waals surface area contributed by atoms with Crippen molar-refractivity contribution in [2.45, 2.75) is 31.9 Å². The number of rotatable bonds is 3. The molecule has 2 heterocycles. The van der Waals surface area contributed by atoms with Crippen LogP contribution in [0.15, 0.2) is 36.5 Å². The van der Waals surface area contributed by atoms with Crippen molar-refractivity contribution in [1.29, 1.82) is 0 Å². The molecule has 3 N–H and O–H groups in total. The smallest absolute Gasteiger partial charge is 0.475 e. The molecule has 0 spiro atoms. The number of aliphatic carboxylic acids is 2. The minimum atomic E-state index is -5.08. The quantitative estimate of drug-likeness (QED) is 0.556. The van der Waals surface area contributed by atoms with E-state index in [0.29, 0.717) is 6.04 Å². The first-order valence-corrected chi connectivity index (χ1v) is 9.73. The fourth-order valence-electron chi connectivity index (χ4n) is 2.69. The Bertz CT molecular complexity index is 894. The third kappa shape index (κ3) is 10.2. The molecule has 0 saturated carbocycles. The van der Waals surface area contributed by atoms with Gasteiger partial charge in [-0.1, -0.05) is 30.3 Å². The molecule has 1 unspecified atom stereocenters. The molecule has 2 aromatic rings. The Morgan fingerprint density at radius 3 is 1.97 bits per heavy atom. The van der Waals surface area contributed by atoms with Gasteiger partial charge in [0.25, 0.3) is 0 Å². The van der Waals surface area contributed by atoms with Crippen LogP contribution in [0.25, 0.3) is 11.4 Å². The van der Waals surface area contributed by atoms with Gasteiger partial charge in [0.2, 0.25) is 0 Å². The molecule has 0 aliphatic carbocycles. The molecule has 3 rings (SSSR count). The highest BCUT2D eigenvalue weighted by Crippen LogP contribution is 2.17. The summed E-state index contributed by atoms with van der Waals surface area (Å²) in [6.07, 6.45) is -8.20. The summed E-state index contributed by atoms with van der Waals surface area (Å²) in [6, 6.07) is 10.9. The molecule has 0 amide bonds. The summed E-state index contributed by atoms with van der Waals surface area (Å²) in [6.45, 7) is 6.63. The van der Waals surface area contributed by atoms with E-state index in [-0.39, 0.29) is 0 Å². The molecule has 1 aliphatic rings. The number of halogens is 6. The van der Waals surface area contributed by atoms with Crippen LogP contribution in [0, 0.1) is 0 Å². The SMILES string of the molecule is CC1CN(Cc2cnc(-c3ccccc3)[nH]2)CCN1C.O=C(O)C(F)(F)F.O=C(O)C(F)(F)F. The van der Waals surface area contributed by atoms with Gasteiger partial charge in [0.1, 0.15) is 5.82 Å². The van der Waals surface area contributed by atoms with Crippen molar-refractivity contribution in [3.8, 4) is 11.4 Å². The minimum absolute atomic E-state index is 0.625. The Hall–Kier alpha value is -3.13. The van der Waals surface area contributed by atoms with Crippen LogP contribution in [0.1, 0.15) is 12.6 Å². The van der Waals surface area contributed by atoms with Crippen LogP contribution in [0.5, 0.6) is 0 Å². The summed E-state index contributed by atoms with van der Waals surface area (Å²) < 4.78 is 63.5. The number of carbonyl (C=O) groups is 2. The van der Waals surface area contributed by atoms with Gasteiger partial charge in [-0.2, -0.15) is 26.3 Å². The standard InChI is InChI=1S/C16H22N4.2C2HF3O2/c1-13-11-20(9-8-19(13)2)12-15-10-17-16(18-15)14-6-4-3-5-7-14;2*3-2(4,5)1(6)7/h3-7,10,13H,8-9,11-12H2,1-2H3,(H,17,18);2*(H,6,7). The van der Waals surface area contributed by atoms with Crippen molar-refractivity contribution in [3.63, 3.8) is 0 Å². The summed E-state index contributed by atoms with van der Waals surface area (Å²) >= 11 is 0. The highest BCUT2D eigenvalue weighted by Gasteiger charge is 2.38. The normalized spacial score (nSPS) is 17.1. The first-order valence-electron chi connectivity index (χ1n) is 9.73. The van der Waals surface area contributed by atoms with Gasteiger partial charge >= 0.3 is 24.3 Å². The van der Waals surface area contributed by atoms with Gasteiger partial charge in [-0.3, -0.25) is 4.90 Å². The summed E-state index contributed by atoms with van der Waals surface area (Å²) in [4.78, 5) is 30.6. The Morgan fingerprint density at radius 2 is 1.53 bits per heavy atom. The second-order valence-corrected chi connectivity index (χ2v) is 7.29. The molecule has 190 valence electrons. The Labute approximate surface area is 190 Å². The van der Waals surface area contributed by atoms with Crippen LogP contribution in [0.3, 0.4) is 0 Å². The molecule has 34 heavy (non-hydrogen) atoms. The maximum Gasteiger partial charge on any atom is 0.490 e. The number of aromatic nitrogens is 2. The van der Waals surface area contributed by atoms with Gasteiger partial charge in [0.15, 0.2) is 0 Å². The summed E-state index contributed by atoms with van der Waals surface area (Å²) in [5.41, 5.74) is 2.34. The van der Waals surface area contributed by atoms with E-state index in [4.69, 9.17) is 19.8 Å². The molecule has 1 saturated heterocycles. The van der Waals surface area contributed by atoms with E-state index >= 15 is 0 Å². The van der Waals surface area contributed by atoms with Crippen molar-refractivity contribution in [2.75, 3.05) is 26.7 Å². The summed E-state index contributed by atoms with van der Waals surface area (Å²) in [5, 5.41) is 14.2. The number of aromatic amines is 1. The molecule has 1 aromatic carbocycles. The molecule has 1 aliphatic heterocycles. The average molecular weight is 498 g/mol. The molecule has 0 radical (unpaired) electrons. The first kappa shape index (κ1) is 28.9. The van der Waals surface area contributed by atoms with Gasteiger partial charge < -0.3 is 20.1 Å². The summed E-state index contributed by atoms with van der Waals surface area (Å²) in [7, 11) is 2.20. The number of imidazole rings is 1. The van der Waals surface area contributed by atoms with E-state index in [1.807, 2.05) is 24.4 Å². The minimum Gasteiger partial charge on any atom is -0.475 e. The van der Waals surface area contributed by atoms with Crippen molar-refractivity contribution < 1.29 is 46.1 Å². The van der Waals surface area contributed by atoms with Gasteiger partial charge in [-0.15, -0.1) is 0 Å². The number of H-pyrrole nitrogens is 1. The highest BCUT2D eigenvalue weighted by atomic mass is 19.4. The van der Waals surface area contributed by atoms with E-state index in [2.05, 4.69) is 45.9 Å². The maximum absolute atomic E-state index is 10.6. The van der Waals surface area contributed by atoms with Crippen molar-refractivity contribution in [3.05, 3.63) is 42.2 Å². The number of benzene rings is 1. The van der Waals surface area contributed by atoms with Crippen LogP contribution in [0.4, 0.5) is 26.3 Å². The van der Waals surface area contributed by atoms with Crippen molar-refractivity contribution >= 4 is 11.9 Å². The number of likely N-dealkylation sites (N-methyl/N-ethyl adjacent to an activating group) is 1. The number of nitrogens with zero attached hydrogens (tertiary/aromatic N) is 3. The van der Waals surface area contributed by atoms with Gasteiger partial charge in [-0.05, 0) is 14.0 Å². The van der Waals surface area contributed by atoms with Crippen LogP contribution in [-0.4, -0.2) is 87.0 Å².